The molecule has 0 unspecified atom stereocenters. The van der Waals surface area contributed by atoms with Gasteiger partial charge in [-0.05, 0) is 50.3 Å². The van der Waals surface area contributed by atoms with E-state index in [1.807, 2.05) is 19.9 Å². The Labute approximate surface area is 175 Å². The summed E-state index contributed by atoms with van der Waals surface area (Å²) in [6, 6.07) is 7.76. The highest BCUT2D eigenvalue weighted by Crippen LogP contribution is 2.27. The van der Waals surface area contributed by atoms with E-state index < -0.39 is 17.9 Å². The van der Waals surface area contributed by atoms with Crippen LogP contribution in [-0.4, -0.2) is 36.0 Å². The van der Waals surface area contributed by atoms with Crippen LogP contribution in [0.4, 0.5) is 4.79 Å². The Bertz CT molecular complexity index is 995. The summed E-state index contributed by atoms with van der Waals surface area (Å²) in [6.45, 7) is 3.68. The largest absolute Gasteiger partial charge is 0.490 e. The fraction of sp³-hybridized carbons (Fsp3) is 0.250. The van der Waals surface area contributed by atoms with E-state index in [2.05, 4.69) is 26.0 Å². The lowest BCUT2D eigenvalue weighted by Gasteiger charge is -2.13. The number of ether oxygens (including phenoxy) is 2. The molecule has 3 amide bonds. The smallest absolute Gasteiger partial charge is 0.373 e. The molecular formula is C20H19BrN2O6. The highest BCUT2D eigenvalue weighted by atomic mass is 79.9. The molecule has 152 valence electrons. The van der Waals surface area contributed by atoms with E-state index in [1.165, 1.54) is 19.2 Å². The summed E-state index contributed by atoms with van der Waals surface area (Å²) in [5.41, 5.74) is 0.756. The average Bonchev–Trinajstić information content (AvgIpc) is 3.24. The topological polar surface area (TPSA) is 98.1 Å². The van der Waals surface area contributed by atoms with Crippen LogP contribution in [0.25, 0.3) is 6.08 Å². The van der Waals surface area contributed by atoms with E-state index >= 15 is 0 Å². The van der Waals surface area contributed by atoms with Crippen molar-refractivity contribution in [3.63, 3.8) is 0 Å². The highest BCUT2D eigenvalue weighted by Gasteiger charge is 2.34. The van der Waals surface area contributed by atoms with Crippen LogP contribution in [0.15, 0.2) is 44.9 Å². The molecule has 2 aromatic rings. The summed E-state index contributed by atoms with van der Waals surface area (Å²) in [7, 11) is 1.23. The number of esters is 1. The molecular weight excluding hydrogens is 444 g/mol. The van der Waals surface area contributed by atoms with Crippen molar-refractivity contribution in [3.8, 4) is 5.75 Å². The molecule has 1 aromatic heterocycles. The summed E-state index contributed by atoms with van der Waals surface area (Å²) < 4.78 is 16.5. The molecule has 8 nitrogen and oxygen atoms in total. The summed E-state index contributed by atoms with van der Waals surface area (Å²) in [5.74, 6) is -0.288. The van der Waals surface area contributed by atoms with E-state index in [9.17, 15) is 14.4 Å². The van der Waals surface area contributed by atoms with Crippen molar-refractivity contribution in [1.82, 2.24) is 10.2 Å². The van der Waals surface area contributed by atoms with Crippen LogP contribution in [0.2, 0.25) is 0 Å². The molecule has 29 heavy (non-hydrogen) atoms. The third-order valence-corrected chi connectivity index (χ3v) is 4.45. The molecule has 0 atom stereocenters. The summed E-state index contributed by atoms with van der Waals surface area (Å²) >= 11 is 3.40. The fourth-order valence-corrected chi connectivity index (χ4v) is 3.07. The van der Waals surface area contributed by atoms with Crippen LogP contribution in [0.5, 0.6) is 5.75 Å². The second-order valence-electron chi connectivity index (χ2n) is 6.49. The number of carbonyl (C=O) groups excluding carboxylic acids is 3. The maximum atomic E-state index is 12.7. The standard InChI is InChI=1S/C20H19BrN2O6/c1-11(2)28-16-6-4-13(21)8-12(16)9-15-18(24)23(20(26)22-15)10-14-5-7-17(29-14)19(25)27-3/h4-9,11H,10H2,1-3H3,(H,22,26)/b15-9-. The number of urea groups is 1. The number of hydrogen-bond acceptors (Lipinski definition) is 6. The number of nitrogens with one attached hydrogen (secondary N) is 1. The summed E-state index contributed by atoms with van der Waals surface area (Å²) in [5, 5.41) is 2.56. The van der Waals surface area contributed by atoms with Gasteiger partial charge in [-0.15, -0.1) is 0 Å². The molecule has 0 bridgehead atoms. The molecule has 1 fully saturated rings. The van der Waals surface area contributed by atoms with Crippen molar-refractivity contribution in [3.05, 3.63) is 57.6 Å². The Hall–Kier alpha value is -3.07. The molecule has 1 aliphatic heterocycles. The van der Waals surface area contributed by atoms with Crippen molar-refractivity contribution < 1.29 is 28.3 Å². The predicted octanol–water partition coefficient (Wildman–Crippen LogP) is 3.71. The molecule has 9 heteroatoms. The van der Waals surface area contributed by atoms with Crippen molar-refractivity contribution >= 4 is 39.9 Å². The van der Waals surface area contributed by atoms with Gasteiger partial charge in [0.15, 0.2) is 0 Å². The lowest BCUT2D eigenvalue weighted by molar-refractivity contribution is -0.123. The predicted molar refractivity (Wildman–Crippen MR) is 107 cm³/mol. The van der Waals surface area contributed by atoms with Gasteiger partial charge in [0.05, 0.1) is 19.8 Å². The summed E-state index contributed by atoms with van der Waals surface area (Å²) in [6.07, 6.45) is 1.51. The second-order valence-corrected chi connectivity index (χ2v) is 7.40. The SMILES string of the molecule is COC(=O)c1ccc(CN2C(=O)N/C(=C\c3cc(Br)ccc3OC(C)C)C2=O)o1. The van der Waals surface area contributed by atoms with E-state index in [0.29, 0.717) is 11.3 Å². The Balaban J connectivity index is 1.83. The Kier molecular flexibility index (Phi) is 6.07. The minimum atomic E-state index is -0.638. The molecule has 3 rings (SSSR count). The highest BCUT2D eigenvalue weighted by molar-refractivity contribution is 9.10. The lowest BCUT2D eigenvalue weighted by Crippen LogP contribution is -2.30. The van der Waals surface area contributed by atoms with Gasteiger partial charge >= 0.3 is 12.0 Å². The van der Waals surface area contributed by atoms with Crippen LogP contribution >= 0.6 is 15.9 Å². The zero-order chi connectivity index (χ0) is 21.1. The number of carbonyl (C=O) groups is 3. The van der Waals surface area contributed by atoms with Crippen molar-refractivity contribution in [2.24, 2.45) is 0 Å². The number of methoxy groups -OCH3 is 1. The first-order valence-corrected chi connectivity index (χ1v) is 9.55. The van der Waals surface area contributed by atoms with Gasteiger partial charge in [-0.1, -0.05) is 15.9 Å². The number of amides is 3. The second kappa shape index (κ2) is 8.52. The van der Waals surface area contributed by atoms with Crippen LogP contribution in [0.1, 0.15) is 35.7 Å². The van der Waals surface area contributed by atoms with Gasteiger partial charge in [-0.3, -0.25) is 9.69 Å². The summed E-state index contributed by atoms with van der Waals surface area (Å²) in [4.78, 5) is 37.5. The van der Waals surface area contributed by atoms with Crippen molar-refractivity contribution in [1.29, 1.82) is 0 Å². The van der Waals surface area contributed by atoms with Crippen LogP contribution in [0.3, 0.4) is 0 Å². The first-order chi connectivity index (χ1) is 13.8. The van der Waals surface area contributed by atoms with Gasteiger partial charge in [0.1, 0.15) is 17.2 Å². The first-order valence-electron chi connectivity index (χ1n) is 8.76. The third kappa shape index (κ3) is 4.68. The maximum Gasteiger partial charge on any atom is 0.373 e. The molecule has 1 aliphatic rings. The number of halogens is 1. The van der Waals surface area contributed by atoms with Gasteiger partial charge < -0.3 is 19.2 Å². The minimum Gasteiger partial charge on any atom is -0.490 e. The average molecular weight is 463 g/mol. The Morgan fingerprint density at radius 3 is 2.72 bits per heavy atom. The molecule has 2 heterocycles. The van der Waals surface area contributed by atoms with Crippen molar-refractivity contribution in [2.45, 2.75) is 26.5 Å². The van der Waals surface area contributed by atoms with Gasteiger partial charge in [0, 0.05) is 10.0 Å². The zero-order valence-electron chi connectivity index (χ0n) is 16.0. The number of nitrogens with zero attached hydrogens (tertiary/aromatic N) is 1. The Morgan fingerprint density at radius 1 is 1.28 bits per heavy atom. The van der Waals surface area contributed by atoms with Crippen molar-refractivity contribution in [2.75, 3.05) is 7.11 Å². The van der Waals surface area contributed by atoms with Gasteiger partial charge in [-0.2, -0.15) is 0 Å². The van der Waals surface area contributed by atoms with Crippen LogP contribution in [0, 0.1) is 0 Å². The zero-order valence-corrected chi connectivity index (χ0v) is 17.6. The molecule has 1 saturated heterocycles. The normalized spacial score (nSPS) is 15.2. The number of rotatable bonds is 6. The first kappa shape index (κ1) is 20.7. The molecule has 1 aromatic carbocycles. The van der Waals surface area contributed by atoms with E-state index in [4.69, 9.17) is 9.15 Å². The fourth-order valence-electron chi connectivity index (χ4n) is 2.69. The number of furan rings is 1. The monoisotopic (exact) mass is 462 g/mol. The van der Waals surface area contributed by atoms with Gasteiger partial charge in [0.25, 0.3) is 5.91 Å². The van der Waals surface area contributed by atoms with Gasteiger partial charge in [-0.25, -0.2) is 9.59 Å². The quantitative estimate of drug-likeness (QED) is 0.399. The molecule has 0 aliphatic carbocycles. The molecule has 0 radical (unpaired) electrons. The minimum absolute atomic E-state index is 0.00469. The number of hydrogen-bond donors (Lipinski definition) is 1. The van der Waals surface area contributed by atoms with Crippen LogP contribution in [-0.2, 0) is 16.1 Å². The Morgan fingerprint density at radius 2 is 2.03 bits per heavy atom. The van der Waals surface area contributed by atoms with E-state index in [1.54, 1.807) is 18.2 Å². The molecule has 1 N–H and O–H groups in total. The molecule has 0 saturated carbocycles. The van der Waals surface area contributed by atoms with Gasteiger partial charge in [0.2, 0.25) is 5.76 Å². The number of benzene rings is 1. The number of imide groups is 1. The molecule has 0 spiro atoms. The third-order valence-electron chi connectivity index (χ3n) is 3.96. The van der Waals surface area contributed by atoms with E-state index in [0.717, 1.165) is 9.37 Å². The lowest BCUT2D eigenvalue weighted by atomic mass is 10.1. The van der Waals surface area contributed by atoms with E-state index in [-0.39, 0.29) is 29.9 Å². The van der Waals surface area contributed by atoms with Crippen LogP contribution < -0.4 is 10.1 Å². The maximum absolute atomic E-state index is 12.7.